The summed E-state index contributed by atoms with van der Waals surface area (Å²) in [6.07, 6.45) is 22.7. The zero-order valence-electron chi connectivity index (χ0n) is 24.4. The van der Waals surface area contributed by atoms with Crippen LogP contribution in [0.4, 0.5) is 0 Å². The molecule has 0 radical (unpaired) electrons. The molecule has 1 fully saturated rings. The Bertz CT molecular complexity index is 585. The Morgan fingerprint density at radius 2 is 1.14 bits per heavy atom. The van der Waals surface area contributed by atoms with E-state index in [0.29, 0.717) is 19.3 Å². The van der Waals surface area contributed by atoms with Gasteiger partial charge in [-0.1, -0.05) is 137 Å². The second kappa shape index (κ2) is 19.1. The van der Waals surface area contributed by atoms with Gasteiger partial charge in [-0.15, -0.1) is 0 Å². The van der Waals surface area contributed by atoms with Gasteiger partial charge in [0.1, 0.15) is 0 Å². The van der Waals surface area contributed by atoms with E-state index in [1.54, 1.807) is 0 Å². The number of hydrogen-bond acceptors (Lipinski definition) is 2. The van der Waals surface area contributed by atoms with Crippen molar-refractivity contribution in [2.24, 2.45) is 29.1 Å². The molecule has 3 atom stereocenters. The largest absolute Gasteiger partial charge is 0.481 e. The summed E-state index contributed by atoms with van der Waals surface area (Å²) >= 11 is 0. The first-order valence-corrected chi connectivity index (χ1v) is 15.7. The van der Waals surface area contributed by atoms with Crippen LogP contribution in [0.5, 0.6) is 0 Å². The fourth-order valence-corrected chi connectivity index (χ4v) is 6.54. The maximum atomic E-state index is 12.6. The number of carboxylic acids is 2. The molecule has 0 saturated heterocycles. The first-order chi connectivity index (χ1) is 17.2. The monoisotopic (exact) mass is 508 g/mol. The molecule has 0 spiro atoms. The highest BCUT2D eigenvalue weighted by atomic mass is 16.4. The number of unbranched alkanes of at least 4 members (excludes halogenated alkanes) is 12. The average molecular weight is 509 g/mol. The molecule has 1 aliphatic rings. The van der Waals surface area contributed by atoms with E-state index in [0.717, 1.165) is 50.4 Å². The number of carbonyl (C=O) groups is 2. The lowest BCUT2D eigenvalue weighted by Gasteiger charge is -2.44. The van der Waals surface area contributed by atoms with Gasteiger partial charge in [0.25, 0.3) is 0 Å². The summed E-state index contributed by atoms with van der Waals surface area (Å²) in [5.41, 5.74) is -0.838. The molecule has 0 amide bonds. The molecule has 0 aliphatic heterocycles. The van der Waals surface area contributed by atoms with Crippen LogP contribution in [-0.2, 0) is 9.59 Å². The van der Waals surface area contributed by atoms with Crippen LogP contribution < -0.4 is 0 Å². The van der Waals surface area contributed by atoms with Gasteiger partial charge in [0.15, 0.2) is 0 Å². The number of rotatable bonds is 22. The van der Waals surface area contributed by atoms with Crippen molar-refractivity contribution in [1.82, 2.24) is 0 Å². The van der Waals surface area contributed by atoms with Crippen molar-refractivity contribution in [2.75, 3.05) is 0 Å². The Kier molecular flexibility index (Phi) is 17.5. The second-order valence-corrected chi connectivity index (χ2v) is 12.8. The summed E-state index contributed by atoms with van der Waals surface area (Å²) < 4.78 is 0. The summed E-state index contributed by atoms with van der Waals surface area (Å²) in [6, 6.07) is 0. The summed E-state index contributed by atoms with van der Waals surface area (Å²) in [5, 5.41) is 20.3. The highest BCUT2D eigenvalue weighted by Crippen LogP contribution is 2.50. The van der Waals surface area contributed by atoms with Crippen LogP contribution in [0, 0.1) is 29.1 Å². The van der Waals surface area contributed by atoms with E-state index in [-0.39, 0.29) is 5.92 Å². The summed E-state index contributed by atoms with van der Waals surface area (Å²) in [7, 11) is 0. The van der Waals surface area contributed by atoms with Crippen molar-refractivity contribution in [3.05, 3.63) is 0 Å². The quantitative estimate of drug-likeness (QED) is 0.143. The topological polar surface area (TPSA) is 74.6 Å². The first kappa shape index (κ1) is 33.0. The van der Waals surface area contributed by atoms with Crippen LogP contribution in [0.1, 0.15) is 163 Å². The minimum absolute atomic E-state index is 0.219. The smallest absolute Gasteiger partial charge is 0.309 e. The maximum Gasteiger partial charge on any atom is 0.309 e. The molecule has 2 N–H and O–H groups in total. The average Bonchev–Trinajstić information content (AvgIpc) is 2.81. The molecular weight excluding hydrogens is 448 g/mol. The van der Waals surface area contributed by atoms with E-state index in [1.165, 1.54) is 77.0 Å². The van der Waals surface area contributed by atoms with Gasteiger partial charge >= 0.3 is 11.9 Å². The summed E-state index contributed by atoms with van der Waals surface area (Å²) in [5.74, 6) is -0.657. The third kappa shape index (κ3) is 13.0. The van der Waals surface area contributed by atoms with Gasteiger partial charge in [-0.3, -0.25) is 9.59 Å². The van der Waals surface area contributed by atoms with Crippen LogP contribution in [-0.4, -0.2) is 22.2 Å². The normalized spacial score (nSPS) is 22.4. The van der Waals surface area contributed by atoms with Crippen LogP contribution in [0.25, 0.3) is 0 Å². The Hall–Kier alpha value is -1.06. The van der Waals surface area contributed by atoms with Gasteiger partial charge in [0.2, 0.25) is 0 Å². The molecular formula is C32H60O4. The zero-order valence-corrected chi connectivity index (χ0v) is 24.4. The molecule has 0 heterocycles. The third-order valence-electron chi connectivity index (χ3n) is 8.78. The van der Waals surface area contributed by atoms with Gasteiger partial charge in [0.05, 0.1) is 11.3 Å². The lowest BCUT2D eigenvalue weighted by atomic mass is 9.58. The zero-order chi connectivity index (χ0) is 26.8. The van der Waals surface area contributed by atoms with Gasteiger partial charge in [-0.25, -0.2) is 0 Å². The minimum atomic E-state index is -0.838. The van der Waals surface area contributed by atoms with Crippen molar-refractivity contribution in [1.29, 1.82) is 0 Å². The highest BCUT2D eigenvalue weighted by molar-refractivity contribution is 5.78. The lowest BCUT2D eigenvalue weighted by molar-refractivity contribution is -0.164. The number of aliphatic carboxylic acids is 2. The molecule has 0 bridgehead atoms. The molecule has 4 heteroatoms. The highest BCUT2D eigenvalue weighted by Gasteiger charge is 2.52. The van der Waals surface area contributed by atoms with Crippen LogP contribution in [0.15, 0.2) is 0 Å². The van der Waals surface area contributed by atoms with Crippen molar-refractivity contribution in [2.45, 2.75) is 163 Å². The van der Waals surface area contributed by atoms with Gasteiger partial charge in [0, 0.05) is 0 Å². The van der Waals surface area contributed by atoms with Crippen LogP contribution >= 0.6 is 0 Å². The molecule has 3 unspecified atom stereocenters. The van der Waals surface area contributed by atoms with Crippen molar-refractivity contribution < 1.29 is 19.8 Å². The first-order valence-electron chi connectivity index (χ1n) is 15.7. The Morgan fingerprint density at radius 3 is 1.58 bits per heavy atom. The standard InChI is InChI=1S/C32H60O4/c1-26(2)20-15-11-7-5-9-13-17-23-29-28(30(33)34)22-19-25-32(29,31(35)36)24-18-14-10-6-8-12-16-21-27(3)4/h26-29H,5-25H2,1-4H3,(H,33,34)(H,35,36). The molecule has 36 heavy (non-hydrogen) atoms. The van der Waals surface area contributed by atoms with Crippen molar-refractivity contribution in [3.63, 3.8) is 0 Å². The summed E-state index contributed by atoms with van der Waals surface area (Å²) in [4.78, 5) is 24.7. The molecule has 0 aromatic carbocycles. The maximum absolute atomic E-state index is 12.6. The van der Waals surface area contributed by atoms with Crippen LogP contribution in [0.3, 0.4) is 0 Å². The number of hydrogen-bond donors (Lipinski definition) is 2. The predicted octanol–water partition coefficient (Wildman–Crippen LogP) is 9.89. The van der Waals surface area contributed by atoms with Gasteiger partial charge < -0.3 is 10.2 Å². The van der Waals surface area contributed by atoms with Gasteiger partial charge in [-0.2, -0.15) is 0 Å². The van der Waals surface area contributed by atoms with Crippen molar-refractivity contribution >= 4 is 11.9 Å². The molecule has 212 valence electrons. The summed E-state index contributed by atoms with van der Waals surface area (Å²) in [6.45, 7) is 9.12. The second-order valence-electron chi connectivity index (χ2n) is 12.8. The molecule has 1 saturated carbocycles. The van der Waals surface area contributed by atoms with E-state index < -0.39 is 23.3 Å². The fourth-order valence-electron chi connectivity index (χ4n) is 6.54. The lowest BCUT2D eigenvalue weighted by Crippen LogP contribution is -2.47. The SMILES string of the molecule is CC(C)CCCCCCCCCC1C(C(=O)O)CCCC1(CCCCCCCCCC(C)C)C(=O)O. The fraction of sp³-hybridized carbons (Fsp3) is 0.938. The molecule has 0 aromatic rings. The van der Waals surface area contributed by atoms with Crippen molar-refractivity contribution in [3.8, 4) is 0 Å². The van der Waals surface area contributed by atoms with Gasteiger partial charge in [-0.05, 0) is 43.4 Å². The minimum Gasteiger partial charge on any atom is -0.481 e. The van der Waals surface area contributed by atoms with Crippen LogP contribution in [0.2, 0.25) is 0 Å². The van der Waals surface area contributed by atoms with E-state index in [4.69, 9.17) is 0 Å². The van der Waals surface area contributed by atoms with E-state index in [9.17, 15) is 19.8 Å². The van der Waals surface area contributed by atoms with E-state index >= 15 is 0 Å². The molecule has 1 rings (SSSR count). The Morgan fingerprint density at radius 1 is 0.694 bits per heavy atom. The molecule has 4 nitrogen and oxygen atoms in total. The molecule has 0 aromatic heterocycles. The van der Waals surface area contributed by atoms with E-state index in [2.05, 4.69) is 27.7 Å². The third-order valence-corrected chi connectivity index (χ3v) is 8.78. The Balaban J connectivity index is 2.49. The number of carboxylic acid groups (broad SMARTS) is 2. The molecule has 1 aliphatic carbocycles. The Labute approximate surface area is 223 Å². The van der Waals surface area contributed by atoms with E-state index in [1.807, 2.05) is 0 Å². The predicted molar refractivity (Wildman–Crippen MR) is 151 cm³/mol.